The SMILES string of the molecule is Cc1sc2nc(CNC3CCCC3CO)[nH]c(=O)c2c1C. The molecule has 5 nitrogen and oxygen atoms in total. The van der Waals surface area contributed by atoms with Gasteiger partial charge in [-0.25, -0.2) is 4.98 Å². The molecule has 0 saturated heterocycles. The normalized spacial score (nSPS) is 22.2. The number of aliphatic hydroxyl groups excluding tert-OH is 1. The maximum absolute atomic E-state index is 12.2. The molecule has 2 aromatic rings. The zero-order valence-electron chi connectivity index (χ0n) is 12.4. The third-order valence-corrected chi connectivity index (χ3v) is 5.61. The lowest BCUT2D eigenvalue weighted by Crippen LogP contribution is -2.34. The lowest BCUT2D eigenvalue weighted by Gasteiger charge is -2.18. The predicted octanol–water partition coefficient (Wildman–Crippen LogP) is 1.85. The Labute approximate surface area is 127 Å². The van der Waals surface area contributed by atoms with Gasteiger partial charge in [-0.3, -0.25) is 4.79 Å². The van der Waals surface area contributed by atoms with E-state index in [4.69, 9.17) is 0 Å². The Hall–Kier alpha value is -1.24. The summed E-state index contributed by atoms with van der Waals surface area (Å²) < 4.78 is 0. The second-order valence-corrected chi connectivity index (χ2v) is 7.04. The lowest BCUT2D eigenvalue weighted by atomic mass is 10.1. The molecular formula is C15H21N3O2S. The fourth-order valence-electron chi connectivity index (χ4n) is 3.13. The van der Waals surface area contributed by atoms with Gasteiger partial charge >= 0.3 is 0 Å². The molecule has 3 N–H and O–H groups in total. The number of rotatable bonds is 4. The van der Waals surface area contributed by atoms with E-state index in [1.165, 1.54) is 0 Å². The van der Waals surface area contributed by atoms with E-state index in [0.717, 1.165) is 39.9 Å². The van der Waals surface area contributed by atoms with Crippen molar-refractivity contribution in [2.45, 2.75) is 45.7 Å². The number of aromatic nitrogens is 2. The first-order valence-corrected chi connectivity index (χ1v) is 8.25. The maximum atomic E-state index is 12.2. The summed E-state index contributed by atoms with van der Waals surface area (Å²) in [5, 5.41) is 13.5. The quantitative estimate of drug-likeness (QED) is 0.805. The van der Waals surface area contributed by atoms with Crippen LogP contribution in [0, 0.1) is 19.8 Å². The second kappa shape index (κ2) is 5.87. The Morgan fingerprint density at radius 3 is 3.00 bits per heavy atom. The molecule has 2 unspecified atom stereocenters. The molecule has 0 radical (unpaired) electrons. The Morgan fingerprint density at radius 1 is 1.43 bits per heavy atom. The summed E-state index contributed by atoms with van der Waals surface area (Å²) in [6, 6.07) is 0.322. The second-order valence-electron chi connectivity index (χ2n) is 5.84. The molecule has 0 bridgehead atoms. The highest BCUT2D eigenvalue weighted by molar-refractivity contribution is 7.18. The van der Waals surface area contributed by atoms with Crippen LogP contribution in [0.15, 0.2) is 4.79 Å². The Morgan fingerprint density at radius 2 is 2.24 bits per heavy atom. The maximum Gasteiger partial charge on any atom is 0.259 e. The van der Waals surface area contributed by atoms with Crippen LogP contribution in [0.25, 0.3) is 10.2 Å². The minimum absolute atomic E-state index is 0.0521. The van der Waals surface area contributed by atoms with Crippen LogP contribution in [0.2, 0.25) is 0 Å². The Kier molecular flexibility index (Phi) is 4.10. The van der Waals surface area contributed by atoms with Crippen molar-refractivity contribution in [2.75, 3.05) is 6.61 Å². The molecule has 6 heteroatoms. The minimum atomic E-state index is -0.0521. The highest BCUT2D eigenvalue weighted by atomic mass is 32.1. The molecule has 0 aromatic carbocycles. The number of H-pyrrole nitrogens is 1. The Balaban J connectivity index is 1.80. The van der Waals surface area contributed by atoms with E-state index < -0.39 is 0 Å². The van der Waals surface area contributed by atoms with E-state index in [0.29, 0.717) is 24.3 Å². The van der Waals surface area contributed by atoms with Gasteiger partial charge in [0.1, 0.15) is 10.7 Å². The van der Waals surface area contributed by atoms with Gasteiger partial charge in [0.05, 0.1) is 11.9 Å². The summed E-state index contributed by atoms with van der Waals surface area (Å²) in [7, 11) is 0. The minimum Gasteiger partial charge on any atom is -0.396 e. The van der Waals surface area contributed by atoms with Gasteiger partial charge in [-0.2, -0.15) is 0 Å². The van der Waals surface area contributed by atoms with Gasteiger partial charge in [-0.05, 0) is 38.2 Å². The van der Waals surface area contributed by atoms with Crippen molar-refractivity contribution < 1.29 is 5.11 Å². The van der Waals surface area contributed by atoms with Gasteiger partial charge in [-0.15, -0.1) is 11.3 Å². The molecule has 2 aromatic heterocycles. The number of hydrogen-bond donors (Lipinski definition) is 3. The van der Waals surface area contributed by atoms with E-state index in [2.05, 4.69) is 15.3 Å². The molecule has 1 saturated carbocycles. The largest absolute Gasteiger partial charge is 0.396 e. The van der Waals surface area contributed by atoms with Crippen LogP contribution in [-0.2, 0) is 6.54 Å². The molecule has 21 heavy (non-hydrogen) atoms. The van der Waals surface area contributed by atoms with E-state index in [1.807, 2.05) is 13.8 Å². The third kappa shape index (κ3) is 2.75. The van der Waals surface area contributed by atoms with Crippen LogP contribution < -0.4 is 10.9 Å². The molecule has 0 amide bonds. The molecule has 1 aliphatic carbocycles. The van der Waals surface area contributed by atoms with Crippen LogP contribution in [0.1, 0.15) is 35.5 Å². The molecule has 3 rings (SSSR count). The smallest absolute Gasteiger partial charge is 0.259 e. The predicted molar refractivity (Wildman–Crippen MR) is 84.8 cm³/mol. The van der Waals surface area contributed by atoms with Crippen molar-refractivity contribution >= 4 is 21.6 Å². The zero-order chi connectivity index (χ0) is 15.0. The fraction of sp³-hybridized carbons (Fsp3) is 0.600. The summed E-state index contributed by atoms with van der Waals surface area (Å²) in [4.78, 5) is 21.6. The van der Waals surface area contributed by atoms with Crippen LogP contribution >= 0.6 is 11.3 Å². The number of fused-ring (bicyclic) bond motifs is 1. The van der Waals surface area contributed by atoms with E-state index in [1.54, 1.807) is 11.3 Å². The van der Waals surface area contributed by atoms with Crippen LogP contribution in [0.5, 0.6) is 0 Å². The van der Waals surface area contributed by atoms with Gasteiger partial charge < -0.3 is 15.4 Å². The van der Waals surface area contributed by atoms with Gasteiger partial charge in [0, 0.05) is 17.5 Å². The first kappa shape index (κ1) is 14.7. The number of aryl methyl sites for hydroxylation is 2. The summed E-state index contributed by atoms with van der Waals surface area (Å²) >= 11 is 1.57. The van der Waals surface area contributed by atoms with Crippen molar-refractivity contribution in [3.8, 4) is 0 Å². The lowest BCUT2D eigenvalue weighted by molar-refractivity contribution is 0.204. The molecule has 0 aliphatic heterocycles. The molecule has 0 spiro atoms. The number of nitrogens with one attached hydrogen (secondary N) is 2. The van der Waals surface area contributed by atoms with Gasteiger partial charge in [-0.1, -0.05) is 6.42 Å². The van der Waals surface area contributed by atoms with Gasteiger partial charge in [0.2, 0.25) is 0 Å². The average molecular weight is 307 g/mol. The first-order valence-electron chi connectivity index (χ1n) is 7.43. The number of aliphatic hydroxyl groups is 1. The highest BCUT2D eigenvalue weighted by Crippen LogP contribution is 2.27. The summed E-state index contributed by atoms with van der Waals surface area (Å²) in [6.45, 7) is 4.75. The van der Waals surface area contributed by atoms with Crippen molar-refractivity contribution in [3.05, 3.63) is 26.6 Å². The van der Waals surface area contributed by atoms with Crippen molar-refractivity contribution in [3.63, 3.8) is 0 Å². The first-order chi connectivity index (χ1) is 10.1. The standard InChI is InChI=1S/C15H21N3O2S/c1-8-9(2)21-15-13(8)14(20)17-12(18-15)6-16-11-5-3-4-10(11)7-19/h10-11,16,19H,3-7H2,1-2H3,(H,17,18,20). The number of aromatic amines is 1. The van der Waals surface area contributed by atoms with E-state index >= 15 is 0 Å². The third-order valence-electron chi connectivity index (χ3n) is 4.51. The Bertz CT molecular complexity index is 707. The fourth-order valence-corrected chi connectivity index (χ4v) is 4.18. The molecule has 2 atom stereocenters. The van der Waals surface area contributed by atoms with Gasteiger partial charge in [0.15, 0.2) is 0 Å². The monoisotopic (exact) mass is 307 g/mol. The van der Waals surface area contributed by atoms with Gasteiger partial charge in [0.25, 0.3) is 5.56 Å². The van der Waals surface area contributed by atoms with Crippen LogP contribution in [-0.4, -0.2) is 27.7 Å². The molecule has 114 valence electrons. The van der Waals surface area contributed by atoms with Crippen LogP contribution in [0.4, 0.5) is 0 Å². The topological polar surface area (TPSA) is 78.0 Å². The molecule has 2 heterocycles. The van der Waals surface area contributed by atoms with E-state index in [9.17, 15) is 9.90 Å². The highest BCUT2D eigenvalue weighted by Gasteiger charge is 2.26. The average Bonchev–Trinajstić information content (AvgIpc) is 3.02. The summed E-state index contributed by atoms with van der Waals surface area (Å²) in [5.74, 6) is 1.00. The molecular weight excluding hydrogens is 286 g/mol. The molecule has 1 aliphatic rings. The van der Waals surface area contributed by atoms with E-state index in [-0.39, 0.29) is 12.2 Å². The summed E-state index contributed by atoms with van der Waals surface area (Å²) in [5.41, 5.74) is 0.975. The molecule has 1 fully saturated rings. The van der Waals surface area contributed by atoms with Crippen molar-refractivity contribution in [2.24, 2.45) is 5.92 Å². The summed E-state index contributed by atoms with van der Waals surface area (Å²) in [6.07, 6.45) is 3.30. The van der Waals surface area contributed by atoms with Crippen molar-refractivity contribution in [1.82, 2.24) is 15.3 Å². The zero-order valence-corrected chi connectivity index (χ0v) is 13.2. The number of nitrogens with zero attached hydrogens (tertiary/aromatic N) is 1. The number of hydrogen-bond acceptors (Lipinski definition) is 5. The van der Waals surface area contributed by atoms with Crippen LogP contribution in [0.3, 0.4) is 0 Å². The number of thiophene rings is 1. The van der Waals surface area contributed by atoms with Crippen molar-refractivity contribution in [1.29, 1.82) is 0 Å².